The molecule has 1 aliphatic carbocycles. The van der Waals surface area contributed by atoms with Gasteiger partial charge in [-0.05, 0) is 61.6 Å². The van der Waals surface area contributed by atoms with E-state index in [1.54, 1.807) is 42.9 Å². The van der Waals surface area contributed by atoms with E-state index in [-0.39, 0.29) is 34.9 Å². The molecule has 0 spiro atoms. The molecule has 1 aromatic carbocycles. The number of esters is 1. The topological polar surface area (TPSA) is 176 Å². The van der Waals surface area contributed by atoms with Gasteiger partial charge in [-0.2, -0.15) is 0 Å². The first-order valence-electron chi connectivity index (χ1n) is 21.1. The molecule has 0 saturated carbocycles. The van der Waals surface area contributed by atoms with Crippen molar-refractivity contribution in [3.05, 3.63) is 70.5 Å². The molecular formula is C47H60N6O9. The number of aromatic hydroxyl groups is 1. The Labute approximate surface area is 362 Å². The van der Waals surface area contributed by atoms with E-state index in [4.69, 9.17) is 23.9 Å². The van der Waals surface area contributed by atoms with Crippen LogP contribution < -0.4 is 21.2 Å². The van der Waals surface area contributed by atoms with Crippen molar-refractivity contribution in [1.29, 1.82) is 0 Å². The number of likely N-dealkylation sites (N-methyl/N-ethyl adjacent to an activating group) is 1. The van der Waals surface area contributed by atoms with Crippen LogP contribution in [-0.4, -0.2) is 126 Å². The molecule has 332 valence electrons. The Balaban J connectivity index is 1.55. The maximum Gasteiger partial charge on any atom is 0.302 e. The predicted molar refractivity (Wildman–Crippen MR) is 237 cm³/mol. The molecule has 1 fully saturated rings. The van der Waals surface area contributed by atoms with E-state index in [2.05, 4.69) is 39.5 Å². The van der Waals surface area contributed by atoms with Gasteiger partial charge in [0.1, 0.15) is 41.2 Å². The number of rotatable bonds is 5. The number of aliphatic hydroxyl groups excluding tert-OH is 1. The number of ketones is 1. The molecule has 3 aromatic rings. The molecule has 2 aromatic heterocycles. The van der Waals surface area contributed by atoms with Gasteiger partial charge < -0.3 is 44.8 Å². The number of allylic oxidation sites excluding steroid dienone is 3. The number of nitrogens with zero attached hydrogens (tertiary/aromatic N) is 4. The standard InChI is InChI=1S/C47H60N6O9/c1-27-11-10-12-28(2)47(58)50-42-43-41(49-38-24-33(15-17-53(38)43)25-48-52-20-18-51(7)19-21-52)39-34(37(60-9)14-13-35(55)40(39)45(42)57)26-61-22-16-36(59-8)30(4)46(62-32(6)54)31(5)44(56)29(3)23-27/h10-12,15-17,22,24-25,27,29-31,36-37,44,46,48,56-57H,18-21,23,26H2,1-9H3,(H,50,58)/b11-10+,22-16+,28-12-,33-25?/t27-,29+,30+,31+,36-,37?,44+,46+/m0/s1. The normalized spacial score (nSPS) is 29.5. The summed E-state index contributed by atoms with van der Waals surface area (Å²) in [6.45, 7) is 14.2. The van der Waals surface area contributed by atoms with Crippen molar-refractivity contribution in [1.82, 2.24) is 24.7 Å². The van der Waals surface area contributed by atoms with Gasteiger partial charge in [0.05, 0.1) is 24.0 Å². The van der Waals surface area contributed by atoms with Gasteiger partial charge in [0.15, 0.2) is 5.75 Å². The number of anilines is 1. The number of Topliss-reactive ketones (excluding diaryl/α,β-unsaturated/α-hetero) is 1. The van der Waals surface area contributed by atoms with E-state index >= 15 is 0 Å². The lowest BCUT2D eigenvalue weighted by molar-refractivity contribution is -0.159. The summed E-state index contributed by atoms with van der Waals surface area (Å²) < 4.78 is 25.5. The zero-order chi connectivity index (χ0) is 44.8. The minimum Gasteiger partial charge on any atom is -0.505 e. The number of methoxy groups -OCH3 is 2. The van der Waals surface area contributed by atoms with Crippen molar-refractivity contribution in [2.75, 3.05) is 59.4 Å². The van der Waals surface area contributed by atoms with Crippen molar-refractivity contribution >= 4 is 51.8 Å². The Morgan fingerprint density at radius 2 is 1.82 bits per heavy atom. The van der Waals surface area contributed by atoms with Crippen molar-refractivity contribution in [3.8, 4) is 17.6 Å². The molecule has 8 atom stereocenters. The molecule has 1 saturated heterocycles. The Bertz CT molecular complexity index is 2460. The van der Waals surface area contributed by atoms with Crippen LogP contribution in [0.25, 0.3) is 28.5 Å². The number of aliphatic hydroxyl groups is 1. The second kappa shape index (κ2) is 20.1. The highest BCUT2D eigenvalue weighted by atomic mass is 16.5. The molecule has 3 aliphatic rings. The zero-order valence-corrected chi connectivity index (χ0v) is 37.1. The van der Waals surface area contributed by atoms with Gasteiger partial charge in [0.2, 0.25) is 5.78 Å². The summed E-state index contributed by atoms with van der Waals surface area (Å²) in [6, 6.07) is 3.77. The van der Waals surface area contributed by atoms with Gasteiger partial charge in [-0.1, -0.05) is 51.8 Å². The monoisotopic (exact) mass is 852 g/mol. The minimum absolute atomic E-state index is 0.00518. The molecule has 4 N–H and O–H groups in total. The molecule has 4 heterocycles. The van der Waals surface area contributed by atoms with Crippen LogP contribution in [0.15, 0.2) is 54.5 Å². The fourth-order valence-corrected chi connectivity index (χ4v) is 8.56. The molecule has 15 nitrogen and oxygen atoms in total. The number of carbonyl (C=O) groups is 3. The first-order valence-corrected chi connectivity index (χ1v) is 21.1. The van der Waals surface area contributed by atoms with Crippen LogP contribution in [0.3, 0.4) is 0 Å². The third kappa shape index (κ3) is 10.1. The highest BCUT2D eigenvalue weighted by Gasteiger charge is 2.37. The smallest absolute Gasteiger partial charge is 0.302 e. The number of piperazine rings is 1. The maximum atomic E-state index is 14.0. The number of benzene rings is 1. The summed E-state index contributed by atoms with van der Waals surface area (Å²) in [7, 11) is 5.10. The van der Waals surface area contributed by atoms with E-state index in [0.717, 1.165) is 31.4 Å². The predicted octanol–water partition coefficient (Wildman–Crippen LogP) is 3.28. The lowest BCUT2D eigenvalue weighted by Gasteiger charge is -2.36. The molecule has 2 aliphatic heterocycles. The van der Waals surface area contributed by atoms with E-state index < -0.39 is 59.7 Å². The van der Waals surface area contributed by atoms with Crippen molar-refractivity contribution in [2.45, 2.75) is 72.4 Å². The summed E-state index contributed by atoms with van der Waals surface area (Å²) in [6.07, 6.45) is 9.82. The number of hydrazine groups is 1. The highest BCUT2D eigenvalue weighted by molar-refractivity contribution is 6.18. The first kappa shape index (κ1) is 46.0. The fourth-order valence-electron chi connectivity index (χ4n) is 8.56. The largest absolute Gasteiger partial charge is 0.505 e. The summed E-state index contributed by atoms with van der Waals surface area (Å²) in [5.74, 6) is 2.34. The first-order chi connectivity index (χ1) is 29.6. The highest BCUT2D eigenvalue weighted by Crippen LogP contribution is 2.36. The number of aromatic nitrogens is 2. The lowest BCUT2D eigenvalue weighted by atomic mass is 9.79. The number of imidazole rings is 1. The Morgan fingerprint density at radius 3 is 2.52 bits per heavy atom. The SMILES string of the molecule is COC1C#CC(=O)c2c(O)c3c4c(nc5cc(=CNN6CCN(C)CC6)ccn54)c2=C1CO/C=C/[C@H](OC)[C@@H](C)[C@@H](OC(C)=O)[C@H](C)[C@H](O)[C@H](C)C[C@@H](C)/C=C/C=C(/C)C(=O)N3. The molecule has 1 amide bonds. The number of fused-ring (bicyclic) bond motifs is 1. The third-order valence-corrected chi connectivity index (χ3v) is 12.2. The number of ether oxygens (including phenoxy) is 4. The number of hydrogen-bond acceptors (Lipinski definition) is 13. The molecule has 15 heteroatoms. The quantitative estimate of drug-likeness (QED) is 0.128. The van der Waals surface area contributed by atoms with E-state index in [0.29, 0.717) is 34.2 Å². The third-order valence-electron chi connectivity index (χ3n) is 12.2. The number of nitrogens with one attached hydrogen (secondary N) is 2. The fraction of sp³-hybridized carbons (Fsp3) is 0.489. The number of pyridine rings is 1. The van der Waals surface area contributed by atoms with E-state index in [1.165, 1.54) is 20.3 Å². The second-order valence-electron chi connectivity index (χ2n) is 16.8. The maximum absolute atomic E-state index is 14.0. The van der Waals surface area contributed by atoms with Gasteiger partial charge in [-0.25, -0.2) is 9.99 Å². The van der Waals surface area contributed by atoms with Crippen molar-refractivity contribution in [3.63, 3.8) is 0 Å². The number of phenolic OH excluding ortho intramolecular Hbond substituents is 1. The molecular weight excluding hydrogens is 793 g/mol. The molecule has 0 radical (unpaired) electrons. The lowest BCUT2D eigenvalue weighted by Crippen LogP contribution is -2.49. The van der Waals surface area contributed by atoms with E-state index in [9.17, 15) is 24.6 Å². The van der Waals surface area contributed by atoms with Gasteiger partial charge in [0, 0.05) is 87.9 Å². The van der Waals surface area contributed by atoms with Crippen LogP contribution in [0.1, 0.15) is 58.3 Å². The van der Waals surface area contributed by atoms with Gasteiger partial charge in [-0.15, -0.1) is 0 Å². The van der Waals surface area contributed by atoms with Crippen LogP contribution in [0.2, 0.25) is 0 Å². The summed E-state index contributed by atoms with van der Waals surface area (Å²) in [5.41, 5.74) is 5.14. The molecule has 62 heavy (non-hydrogen) atoms. The summed E-state index contributed by atoms with van der Waals surface area (Å²) >= 11 is 0. The zero-order valence-electron chi connectivity index (χ0n) is 37.1. The second-order valence-corrected chi connectivity index (χ2v) is 16.8. The Morgan fingerprint density at radius 1 is 1.08 bits per heavy atom. The van der Waals surface area contributed by atoms with E-state index in [1.807, 2.05) is 52.1 Å². The minimum atomic E-state index is -0.943. The van der Waals surface area contributed by atoms with Gasteiger partial charge in [0.25, 0.3) is 5.91 Å². The molecule has 2 bridgehead atoms. The summed E-state index contributed by atoms with van der Waals surface area (Å²) in [5, 5.41) is 29.8. The number of amides is 1. The van der Waals surface area contributed by atoms with Crippen LogP contribution in [0.4, 0.5) is 5.69 Å². The Hall–Kier alpha value is -5.50. The summed E-state index contributed by atoms with van der Waals surface area (Å²) in [4.78, 5) is 47.6. The number of hydrogen-bond donors (Lipinski definition) is 4. The van der Waals surface area contributed by atoms with Crippen molar-refractivity contribution < 1.29 is 43.5 Å². The van der Waals surface area contributed by atoms with Crippen LogP contribution in [-0.2, 0) is 28.5 Å². The van der Waals surface area contributed by atoms with Crippen LogP contribution in [0.5, 0.6) is 5.75 Å². The van der Waals surface area contributed by atoms with Crippen LogP contribution >= 0.6 is 0 Å². The average Bonchev–Trinajstić information content (AvgIpc) is 3.55. The average molecular weight is 853 g/mol. The number of phenols is 1. The van der Waals surface area contributed by atoms with Gasteiger partial charge in [-0.3, -0.25) is 18.8 Å². The number of carbonyl (C=O) groups excluding carboxylic acids is 3. The van der Waals surface area contributed by atoms with Crippen molar-refractivity contribution in [2.24, 2.45) is 23.7 Å². The Kier molecular flexibility index (Phi) is 14.9. The molecule has 1 unspecified atom stereocenters. The van der Waals surface area contributed by atoms with Crippen LogP contribution in [0, 0.1) is 35.5 Å². The molecule has 6 rings (SSSR count). The van der Waals surface area contributed by atoms with Gasteiger partial charge >= 0.3 is 5.97 Å².